The van der Waals surface area contributed by atoms with E-state index >= 15 is 0 Å². The van der Waals surface area contributed by atoms with Crippen LogP contribution >= 0.6 is 0 Å². The number of halogens is 1. The average molecular weight is 342 g/mol. The molecular formula is C20H23FN2O2. The summed E-state index contributed by atoms with van der Waals surface area (Å²) in [7, 11) is 0. The van der Waals surface area contributed by atoms with Crippen molar-refractivity contribution in [3.8, 4) is 0 Å². The van der Waals surface area contributed by atoms with Crippen LogP contribution in [0.25, 0.3) is 0 Å². The van der Waals surface area contributed by atoms with Crippen molar-refractivity contribution in [1.29, 1.82) is 0 Å². The number of rotatable bonds is 4. The van der Waals surface area contributed by atoms with Gasteiger partial charge in [0.05, 0.1) is 17.2 Å². The SMILES string of the molecule is Cc1cccnc1[C@H](C)NC(=O)C1(c2ccc(F)cc2)CCOCC1. The third-order valence-corrected chi connectivity index (χ3v) is 4.99. The molecule has 0 aliphatic carbocycles. The van der Waals surface area contributed by atoms with E-state index in [4.69, 9.17) is 4.74 Å². The van der Waals surface area contributed by atoms with Crippen LogP contribution in [0.15, 0.2) is 42.6 Å². The highest BCUT2D eigenvalue weighted by Crippen LogP contribution is 2.36. The zero-order valence-corrected chi connectivity index (χ0v) is 14.6. The van der Waals surface area contributed by atoms with Gasteiger partial charge in [-0.05, 0) is 56.0 Å². The lowest BCUT2D eigenvalue weighted by atomic mass is 9.73. The van der Waals surface area contributed by atoms with Crippen molar-refractivity contribution in [3.63, 3.8) is 0 Å². The molecule has 1 amide bonds. The summed E-state index contributed by atoms with van der Waals surface area (Å²) >= 11 is 0. The molecule has 5 heteroatoms. The molecule has 0 spiro atoms. The molecule has 1 atom stereocenters. The van der Waals surface area contributed by atoms with Gasteiger partial charge in [0, 0.05) is 19.4 Å². The van der Waals surface area contributed by atoms with Gasteiger partial charge in [-0.25, -0.2) is 4.39 Å². The van der Waals surface area contributed by atoms with Gasteiger partial charge >= 0.3 is 0 Å². The summed E-state index contributed by atoms with van der Waals surface area (Å²) < 4.78 is 18.8. The van der Waals surface area contributed by atoms with E-state index in [1.807, 2.05) is 26.0 Å². The number of amides is 1. The van der Waals surface area contributed by atoms with E-state index in [1.165, 1.54) is 12.1 Å². The topological polar surface area (TPSA) is 51.2 Å². The van der Waals surface area contributed by atoms with E-state index in [2.05, 4.69) is 10.3 Å². The van der Waals surface area contributed by atoms with E-state index in [0.717, 1.165) is 16.8 Å². The number of aryl methyl sites for hydroxylation is 1. The van der Waals surface area contributed by atoms with Crippen LogP contribution in [0.1, 0.15) is 42.6 Å². The Bertz CT molecular complexity index is 740. The minimum atomic E-state index is -0.692. The van der Waals surface area contributed by atoms with Crippen LogP contribution < -0.4 is 5.32 Å². The second-order valence-corrected chi connectivity index (χ2v) is 6.60. The summed E-state index contributed by atoms with van der Waals surface area (Å²) in [5.74, 6) is -0.358. The molecule has 25 heavy (non-hydrogen) atoms. The molecular weight excluding hydrogens is 319 g/mol. The van der Waals surface area contributed by atoms with Crippen molar-refractivity contribution in [2.24, 2.45) is 0 Å². The van der Waals surface area contributed by atoms with E-state index < -0.39 is 5.41 Å². The fourth-order valence-corrected chi connectivity index (χ4v) is 3.49. The van der Waals surface area contributed by atoms with Crippen LogP contribution in [-0.2, 0) is 14.9 Å². The number of carbonyl (C=O) groups is 1. The minimum Gasteiger partial charge on any atom is -0.381 e. The van der Waals surface area contributed by atoms with E-state index in [1.54, 1.807) is 18.3 Å². The standard InChI is InChI=1S/C20H23FN2O2/c1-14-4-3-11-22-18(14)15(2)23-19(24)20(9-12-25-13-10-20)16-5-7-17(21)8-6-16/h3-8,11,15H,9-10,12-13H2,1-2H3,(H,23,24)/t15-/m0/s1. The summed E-state index contributed by atoms with van der Waals surface area (Å²) in [6.45, 7) is 4.95. The quantitative estimate of drug-likeness (QED) is 0.926. The summed E-state index contributed by atoms with van der Waals surface area (Å²) in [5, 5.41) is 3.11. The Labute approximate surface area is 147 Å². The number of hydrogen-bond donors (Lipinski definition) is 1. The van der Waals surface area contributed by atoms with Crippen molar-refractivity contribution in [2.45, 2.75) is 38.1 Å². The first-order valence-corrected chi connectivity index (χ1v) is 8.59. The van der Waals surface area contributed by atoms with Crippen LogP contribution in [0.4, 0.5) is 4.39 Å². The molecule has 1 aliphatic heterocycles. The monoisotopic (exact) mass is 342 g/mol. The van der Waals surface area contributed by atoms with E-state index in [0.29, 0.717) is 26.1 Å². The first kappa shape index (κ1) is 17.5. The number of pyridine rings is 1. The van der Waals surface area contributed by atoms with Crippen LogP contribution in [-0.4, -0.2) is 24.1 Å². The molecule has 2 heterocycles. The van der Waals surface area contributed by atoms with Gasteiger partial charge in [0.1, 0.15) is 5.82 Å². The highest BCUT2D eigenvalue weighted by molar-refractivity contribution is 5.88. The molecule has 0 saturated carbocycles. The number of benzene rings is 1. The maximum atomic E-state index is 13.3. The fourth-order valence-electron chi connectivity index (χ4n) is 3.49. The van der Waals surface area contributed by atoms with Gasteiger partial charge in [-0.3, -0.25) is 9.78 Å². The molecule has 0 bridgehead atoms. The Morgan fingerprint density at radius 3 is 2.56 bits per heavy atom. The van der Waals surface area contributed by atoms with Crippen LogP contribution in [0, 0.1) is 12.7 Å². The number of aromatic nitrogens is 1. The van der Waals surface area contributed by atoms with Gasteiger partial charge in [0.25, 0.3) is 0 Å². The summed E-state index contributed by atoms with van der Waals surface area (Å²) in [4.78, 5) is 17.6. The lowest BCUT2D eigenvalue weighted by Gasteiger charge is -2.37. The van der Waals surface area contributed by atoms with Crippen molar-refractivity contribution < 1.29 is 13.9 Å². The van der Waals surface area contributed by atoms with Crippen molar-refractivity contribution in [1.82, 2.24) is 10.3 Å². The summed E-state index contributed by atoms with van der Waals surface area (Å²) in [6, 6.07) is 9.89. The van der Waals surface area contributed by atoms with Crippen molar-refractivity contribution in [3.05, 3.63) is 65.2 Å². The first-order chi connectivity index (χ1) is 12.0. The third-order valence-electron chi connectivity index (χ3n) is 4.99. The largest absolute Gasteiger partial charge is 0.381 e. The van der Waals surface area contributed by atoms with Crippen LogP contribution in [0.3, 0.4) is 0 Å². The van der Waals surface area contributed by atoms with Crippen molar-refractivity contribution >= 4 is 5.91 Å². The number of hydrogen-bond acceptors (Lipinski definition) is 3. The Kier molecular flexibility index (Phi) is 5.13. The third kappa shape index (κ3) is 3.56. The van der Waals surface area contributed by atoms with Gasteiger partial charge in [-0.15, -0.1) is 0 Å². The average Bonchev–Trinajstić information content (AvgIpc) is 2.63. The zero-order valence-electron chi connectivity index (χ0n) is 14.6. The van der Waals surface area contributed by atoms with E-state index in [9.17, 15) is 9.18 Å². The van der Waals surface area contributed by atoms with Gasteiger partial charge in [-0.2, -0.15) is 0 Å². The number of nitrogens with one attached hydrogen (secondary N) is 1. The molecule has 0 unspecified atom stereocenters. The maximum Gasteiger partial charge on any atom is 0.231 e. The molecule has 1 fully saturated rings. The predicted molar refractivity (Wildman–Crippen MR) is 93.7 cm³/mol. The predicted octanol–water partition coefficient (Wildman–Crippen LogP) is 3.45. The van der Waals surface area contributed by atoms with Gasteiger partial charge in [0.2, 0.25) is 5.91 Å². The molecule has 2 aromatic rings. The Morgan fingerprint density at radius 2 is 1.92 bits per heavy atom. The summed E-state index contributed by atoms with van der Waals surface area (Å²) in [6.07, 6.45) is 2.89. The molecule has 1 aliphatic rings. The molecule has 1 saturated heterocycles. The molecule has 132 valence electrons. The first-order valence-electron chi connectivity index (χ1n) is 8.59. The maximum absolute atomic E-state index is 13.3. The second-order valence-electron chi connectivity index (χ2n) is 6.60. The van der Waals surface area contributed by atoms with Crippen LogP contribution in [0.2, 0.25) is 0 Å². The lowest BCUT2D eigenvalue weighted by Crippen LogP contribution is -2.48. The smallest absolute Gasteiger partial charge is 0.231 e. The molecule has 3 rings (SSSR count). The number of carbonyl (C=O) groups excluding carboxylic acids is 1. The fraction of sp³-hybridized carbons (Fsp3) is 0.400. The highest BCUT2D eigenvalue weighted by Gasteiger charge is 2.42. The van der Waals surface area contributed by atoms with Gasteiger partial charge < -0.3 is 10.1 Å². The van der Waals surface area contributed by atoms with Crippen molar-refractivity contribution in [2.75, 3.05) is 13.2 Å². The Morgan fingerprint density at radius 1 is 1.24 bits per heavy atom. The minimum absolute atomic E-state index is 0.0556. The highest BCUT2D eigenvalue weighted by atomic mass is 19.1. The van der Waals surface area contributed by atoms with Gasteiger partial charge in [-0.1, -0.05) is 18.2 Å². The lowest BCUT2D eigenvalue weighted by molar-refractivity contribution is -0.131. The zero-order chi connectivity index (χ0) is 17.9. The molecule has 4 nitrogen and oxygen atoms in total. The Hall–Kier alpha value is -2.27. The van der Waals surface area contributed by atoms with E-state index in [-0.39, 0.29) is 17.8 Å². The molecule has 1 aromatic carbocycles. The number of ether oxygens (including phenoxy) is 1. The molecule has 0 radical (unpaired) electrons. The molecule has 1 N–H and O–H groups in total. The second kappa shape index (κ2) is 7.31. The molecule has 1 aromatic heterocycles. The van der Waals surface area contributed by atoms with Gasteiger partial charge in [0.15, 0.2) is 0 Å². The summed E-state index contributed by atoms with van der Waals surface area (Å²) in [5.41, 5.74) is 2.04. The normalized spacial score (nSPS) is 17.7. The van der Waals surface area contributed by atoms with Crippen LogP contribution in [0.5, 0.6) is 0 Å². The number of nitrogens with zero attached hydrogens (tertiary/aromatic N) is 1. The Balaban J connectivity index is 1.87.